The number of halogens is 1. The van der Waals surface area contributed by atoms with Crippen molar-refractivity contribution in [3.63, 3.8) is 0 Å². The number of rotatable bonds is 4. The number of hydrogen-bond donors (Lipinski definition) is 0. The highest BCUT2D eigenvalue weighted by molar-refractivity contribution is 5.84. The summed E-state index contributed by atoms with van der Waals surface area (Å²) in [5.74, 6) is 0.178. The van der Waals surface area contributed by atoms with E-state index in [-0.39, 0.29) is 11.3 Å². The Morgan fingerprint density at radius 3 is 2.73 bits per heavy atom. The molecule has 0 radical (unpaired) electrons. The molecule has 0 aliphatic rings. The van der Waals surface area contributed by atoms with Crippen LogP contribution in [0.25, 0.3) is 16.9 Å². The molecule has 0 bridgehead atoms. The third kappa shape index (κ3) is 2.35. The van der Waals surface area contributed by atoms with E-state index in [4.69, 9.17) is 4.74 Å². The molecule has 0 spiro atoms. The van der Waals surface area contributed by atoms with Crippen molar-refractivity contribution in [1.82, 2.24) is 15.0 Å². The molecule has 110 valence electrons. The van der Waals surface area contributed by atoms with E-state index in [1.807, 2.05) is 0 Å². The van der Waals surface area contributed by atoms with E-state index in [1.54, 1.807) is 49.6 Å². The summed E-state index contributed by atoms with van der Waals surface area (Å²) in [6.07, 6.45) is 0.561. The first-order chi connectivity index (χ1) is 10.7. The molecule has 0 N–H and O–H groups in total. The van der Waals surface area contributed by atoms with Crippen molar-refractivity contribution in [1.29, 1.82) is 0 Å². The molecule has 0 atom stereocenters. The lowest BCUT2D eigenvalue weighted by molar-refractivity contribution is 0.111. The summed E-state index contributed by atoms with van der Waals surface area (Å²) >= 11 is 0. The second-order valence-corrected chi connectivity index (χ2v) is 4.53. The van der Waals surface area contributed by atoms with Crippen LogP contribution in [0.3, 0.4) is 0 Å². The lowest BCUT2D eigenvalue weighted by atomic mass is 10.1. The number of aromatic nitrogens is 3. The number of carbonyl (C=O) groups excluding carboxylic acids is 1. The zero-order chi connectivity index (χ0) is 15.5. The third-order valence-corrected chi connectivity index (χ3v) is 3.23. The van der Waals surface area contributed by atoms with Gasteiger partial charge in [-0.25, -0.2) is 9.07 Å². The van der Waals surface area contributed by atoms with Crippen molar-refractivity contribution in [2.24, 2.45) is 0 Å². The highest BCUT2D eigenvalue weighted by Crippen LogP contribution is 2.27. The molecule has 1 aromatic heterocycles. The highest BCUT2D eigenvalue weighted by Gasteiger charge is 2.18. The smallest absolute Gasteiger partial charge is 0.172 e. The molecule has 0 saturated carbocycles. The summed E-state index contributed by atoms with van der Waals surface area (Å²) < 4.78 is 20.7. The van der Waals surface area contributed by atoms with Crippen LogP contribution in [0.1, 0.15) is 10.5 Å². The first kappa shape index (κ1) is 13.9. The average molecular weight is 297 g/mol. The van der Waals surface area contributed by atoms with E-state index >= 15 is 0 Å². The Labute approximate surface area is 126 Å². The van der Waals surface area contributed by atoms with Crippen LogP contribution in [0.4, 0.5) is 4.39 Å². The molecule has 2 aromatic carbocycles. The maximum Gasteiger partial charge on any atom is 0.172 e. The van der Waals surface area contributed by atoms with E-state index in [0.29, 0.717) is 23.4 Å². The monoisotopic (exact) mass is 297 g/mol. The van der Waals surface area contributed by atoms with Gasteiger partial charge < -0.3 is 4.74 Å². The van der Waals surface area contributed by atoms with Crippen LogP contribution >= 0.6 is 0 Å². The second kappa shape index (κ2) is 5.77. The van der Waals surface area contributed by atoms with Crippen LogP contribution in [0, 0.1) is 5.82 Å². The highest BCUT2D eigenvalue weighted by atomic mass is 19.1. The Morgan fingerprint density at radius 2 is 2.00 bits per heavy atom. The molecule has 5 nitrogen and oxygen atoms in total. The van der Waals surface area contributed by atoms with Gasteiger partial charge in [-0.1, -0.05) is 23.4 Å². The minimum atomic E-state index is -0.447. The van der Waals surface area contributed by atoms with Gasteiger partial charge >= 0.3 is 0 Å². The molecule has 1 heterocycles. The van der Waals surface area contributed by atoms with Gasteiger partial charge in [0.25, 0.3) is 0 Å². The summed E-state index contributed by atoms with van der Waals surface area (Å²) in [5, 5.41) is 7.78. The van der Waals surface area contributed by atoms with Crippen molar-refractivity contribution in [3.05, 3.63) is 60.0 Å². The van der Waals surface area contributed by atoms with Gasteiger partial charge in [-0.2, -0.15) is 0 Å². The van der Waals surface area contributed by atoms with Crippen LogP contribution in [0.15, 0.2) is 48.5 Å². The number of ether oxygens (including phenoxy) is 1. The van der Waals surface area contributed by atoms with E-state index in [0.717, 1.165) is 0 Å². The third-order valence-electron chi connectivity index (χ3n) is 3.23. The topological polar surface area (TPSA) is 57.0 Å². The lowest BCUT2D eigenvalue weighted by Gasteiger charge is -2.09. The maximum absolute atomic E-state index is 14.1. The van der Waals surface area contributed by atoms with Gasteiger partial charge in [-0.3, -0.25) is 4.79 Å². The maximum atomic E-state index is 14.1. The second-order valence-electron chi connectivity index (χ2n) is 4.53. The molecule has 22 heavy (non-hydrogen) atoms. The molecule has 3 rings (SSSR count). The zero-order valence-electron chi connectivity index (χ0n) is 11.7. The normalized spacial score (nSPS) is 10.5. The van der Waals surface area contributed by atoms with Crippen LogP contribution in [0.2, 0.25) is 0 Å². The van der Waals surface area contributed by atoms with E-state index in [2.05, 4.69) is 10.3 Å². The van der Waals surface area contributed by atoms with Crippen molar-refractivity contribution in [2.45, 2.75) is 0 Å². The lowest BCUT2D eigenvalue weighted by Crippen LogP contribution is -2.01. The quantitative estimate of drug-likeness (QED) is 0.695. The van der Waals surface area contributed by atoms with Gasteiger partial charge in [0, 0.05) is 11.6 Å². The summed E-state index contributed by atoms with van der Waals surface area (Å²) in [7, 11) is 1.55. The number of benzene rings is 2. The average Bonchev–Trinajstić information content (AvgIpc) is 2.99. The molecule has 0 unspecified atom stereocenters. The zero-order valence-corrected chi connectivity index (χ0v) is 11.7. The van der Waals surface area contributed by atoms with E-state index in [1.165, 1.54) is 10.7 Å². The van der Waals surface area contributed by atoms with Gasteiger partial charge in [-0.05, 0) is 24.3 Å². The van der Waals surface area contributed by atoms with Crippen molar-refractivity contribution in [3.8, 4) is 22.7 Å². The predicted octanol–water partition coefficient (Wildman–Crippen LogP) is 2.89. The number of aldehydes is 1. The van der Waals surface area contributed by atoms with Crippen molar-refractivity contribution >= 4 is 6.29 Å². The van der Waals surface area contributed by atoms with Crippen LogP contribution in [-0.2, 0) is 0 Å². The van der Waals surface area contributed by atoms with E-state index < -0.39 is 5.82 Å². The van der Waals surface area contributed by atoms with Crippen LogP contribution < -0.4 is 4.74 Å². The first-order valence-corrected chi connectivity index (χ1v) is 6.55. The van der Waals surface area contributed by atoms with Crippen LogP contribution in [-0.4, -0.2) is 28.4 Å². The van der Waals surface area contributed by atoms with Gasteiger partial charge in [-0.15, -0.1) is 5.10 Å². The number of methoxy groups -OCH3 is 1. The molecular weight excluding hydrogens is 285 g/mol. The summed E-state index contributed by atoms with van der Waals surface area (Å²) in [5.41, 5.74) is 1.27. The Morgan fingerprint density at radius 1 is 1.18 bits per heavy atom. The molecule has 3 aromatic rings. The van der Waals surface area contributed by atoms with Crippen molar-refractivity contribution < 1.29 is 13.9 Å². The minimum absolute atomic E-state index is 0.0768. The van der Waals surface area contributed by atoms with Gasteiger partial charge in [0.1, 0.15) is 17.3 Å². The molecule has 0 aliphatic heterocycles. The number of carbonyl (C=O) groups is 1. The summed E-state index contributed by atoms with van der Waals surface area (Å²) in [6.45, 7) is 0. The Bertz CT molecular complexity index is 830. The molecule has 0 amide bonds. The first-order valence-electron chi connectivity index (χ1n) is 6.55. The minimum Gasteiger partial charge on any atom is -0.497 e. The summed E-state index contributed by atoms with van der Waals surface area (Å²) in [6, 6.07) is 13.2. The Kier molecular flexibility index (Phi) is 3.65. The Hall–Kier alpha value is -3.02. The standard InChI is InChI=1S/C16H12FN3O2/c1-22-12-6-4-5-11(9-12)20-16(15(10-21)18-19-20)13-7-2-3-8-14(13)17/h2-10H,1H3. The van der Waals surface area contributed by atoms with E-state index in [9.17, 15) is 9.18 Å². The Balaban J connectivity index is 2.24. The molecule has 0 saturated heterocycles. The molecular formula is C16H12FN3O2. The van der Waals surface area contributed by atoms with Gasteiger partial charge in [0.05, 0.1) is 12.8 Å². The molecule has 0 fully saturated rings. The SMILES string of the molecule is COc1cccc(-n2nnc(C=O)c2-c2ccccc2F)c1. The number of nitrogens with zero attached hydrogens (tertiary/aromatic N) is 3. The summed E-state index contributed by atoms with van der Waals surface area (Å²) in [4.78, 5) is 11.2. The fourth-order valence-corrected chi connectivity index (χ4v) is 2.20. The van der Waals surface area contributed by atoms with Gasteiger partial charge in [0.15, 0.2) is 12.0 Å². The number of hydrogen-bond acceptors (Lipinski definition) is 4. The molecule has 0 aliphatic carbocycles. The largest absolute Gasteiger partial charge is 0.497 e. The van der Waals surface area contributed by atoms with Crippen molar-refractivity contribution in [2.75, 3.05) is 7.11 Å². The van der Waals surface area contributed by atoms with Gasteiger partial charge in [0.2, 0.25) is 0 Å². The van der Waals surface area contributed by atoms with Crippen LogP contribution in [0.5, 0.6) is 5.75 Å². The predicted molar refractivity (Wildman–Crippen MR) is 78.7 cm³/mol. The fraction of sp³-hybridized carbons (Fsp3) is 0.0625. The fourth-order valence-electron chi connectivity index (χ4n) is 2.20. The molecule has 6 heteroatoms.